The van der Waals surface area contributed by atoms with Gasteiger partial charge >= 0.3 is 0 Å². The van der Waals surface area contributed by atoms with E-state index in [1.54, 1.807) is 6.20 Å². The number of aryl methyl sites for hydroxylation is 1. The number of hydrogen-bond acceptors (Lipinski definition) is 4. The zero-order valence-electron chi connectivity index (χ0n) is 9.97. The lowest BCUT2D eigenvalue weighted by atomic mass is 10.3. The van der Waals surface area contributed by atoms with Crippen molar-refractivity contribution >= 4 is 11.6 Å². The average Bonchev–Trinajstić information content (AvgIpc) is 2.33. The monoisotopic (exact) mass is 229 g/mol. The molecule has 0 atom stereocenters. The van der Waals surface area contributed by atoms with Crippen LogP contribution in [0.15, 0.2) is 36.7 Å². The number of rotatable bonds is 4. The first kappa shape index (κ1) is 11.4. The van der Waals surface area contributed by atoms with Gasteiger partial charge in [0.25, 0.3) is 0 Å². The molecule has 0 saturated heterocycles. The molecule has 0 radical (unpaired) electrons. The van der Waals surface area contributed by atoms with E-state index in [9.17, 15) is 0 Å². The average molecular weight is 229 g/mol. The van der Waals surface area contributed by atoms with E-state index in [-0.39, 0.29) is 0 Å². The maximum absolute atomic E-state index is 5.40. The summed E-state index contributed by atoms with van der Waals surface area (Å²) in [6, 6.07) is 7.61. The SMILES string of the molecule is CCOc1ccnc(Nc2ccc(C)cn2)c1. The Hall–Kier alpha value is -2.10. The molecule has 2 aromatic heterocycles. The van der Waals surface area contributed by atoms with Gasteiger partial charge in [-0.3, -0.25) is 0 Å². The second-order valence-electron chi connectivity index (χ2n) is 3.66. The topological polar surface area (TPSA) is 47.0 Å². The van der Waals surface area contributed by atoms with Crippen LogP contribution in [0, 0.1) is 6.92 Å². The van der Waals surface area contributed by atoms with Crippen LogP contribution in [0.25, 0.3) is 0 Å². The van der Waals surface area contributed by atoms with E-state index >= 15 is 0 Å². The van der Waals surface area contributed by atoms with E-state index in [1.165, 1.54) is 0 Å². The van der Waals surface area contributed by atoms with Crippen LogP contribution in [0.2, 0.25) is 0 Å². The van der Waals surface area contributed by atoms with Gasteiger partial charge in [0.15, 0.2) is 0 Å². The van der Waals surface area contributed by atoms with Gasteiger partial charge in [-0.1, -0.05) is 6.07 Å². The molecule has 2 aromatic rings. The van der Waals surface area contributed by atoms with Gasteiger partial charge in [0, 0.05) is 18.5 Å². The molecule has 0 aliphatic rings. The lowest BCUT2D eigenvalue weighted by Crippen LogP contribution is -1.97. The Morgan fingerprint density at radius 1 is 1.18 bits per heavy atom. The summed E-state index contributed by atoms with van der Waals surface area (Å²) >= 11 is 0. The highest BCUT2D eigenvalue weighted by molar-refractivity contribution is 5.53. The molecule has 88 valence electrons. The van der Waals surface area contributed by atoms with Crippen molar-refractivity contribution in [1.82, 2.24) is 9.97 Å². The largest absolute Gasteiger partial charge is 0.494 e. The minimum atomic E-state index is 0.645. The highest BCUT2D eigenvalue weighted by atomic mass is 16.5. The number of pyridine rings is 2. The van der Waals surface area contributed by atoms with Crippen LogP contribution in [0.4, 0.5) is 11.6 Å². The molecule has 17 heavy (non-hydrogen) atoms. The molecule has 2 heterocycles. The smallest absolute Gasteiger partial charge is 0.135 e. The van der Waals surface area contributed by atoms with E-state index in [1.807, 2.05) is 44.3 Å². The number of hydrogen-bond donors (Lipinski definition) is 1. The zero-order valence-corrected chi connectivity index (χ0v) is 9.97. The summed E-state index contributed by atoms with van der Waals surface area (Å²) in [6.07, 6.45) is 3.52. The van der Waals surface area contributed by atoms with Gasteiger partial charge < -0.3 is 10.1 Å². The second-order valence-corrected chi connectivity index (χ2v) is 3.66. The maximum atomic E-state index is 5.40. The third-order valence-corrected chi connectivity index (χ3v) is 2.21. The fraction of sp³-hybridized carbons (Fsp3) is 0.231. The molecule has 0 aliphatic carbocycles. The Balaban J connectivity index is 2.12. The molecule has 0 bridgehead atoms. The van der Waals surface area contributed by atoms with Crippen LogP contribution in [-0.4, -0.2) is 16.6 Å². The first-order chi connectivity index (χ1) is 8.28. The second kappa shape index (κ2) is 5.30. The van der Waals surface area contributed by atoms with Crippen LogP contribution >= 0.6 is 0 Å². The molecule has 4 nitrogen and oxygen atoms in total. The minimum absolute atomic E-state index is 0.645. The van der Waals surface area contributed by atoms with Gasteiger partial charge in [-0.15, -0.1) is 0 Å². The standard InChI is InChI=1S/C13H15N3O/c1-3-17-11-6-7-14-13(8-11)16-12-5-4-10(2)9-15-12/h4-9H,3H2,1-2H3,(H,14,15,16). The fourth-order valence-electron chi connectivity index (χ4n) is 1.41. The highest BCUT2D eigenvalue weighted by Crippen LogP contribution is 2.17. The number of nitrogens with zero attached hydrogens (tertiary/aromatic N) is 2. The predicted octanol–water partition coefficient (Wildman–Crippen LogP) is 2.93. The Morgan fingerprint density at radius 3 is 2.76 bits per heavy atom. The van der Waals surface area contributed by atoms with Gasteiger partial charge in [0.2, 0.25) is 0 Å². The van der Waals surface area contributed by atoms with E-state index in [0.717, 1.165) is 22.9 Å². The molecular formula is C13H15N3O. The van der Waals surface area contributed by atoms with Crippen molar-refractivity contribution in [1.29, 1.82) is 0 Å². The lowest BCUT2D eigenvalue weighted by molar-refractivity contribution is 0.340. The summed E-state index contributed by atoms with van der Waals surface area (Å²) < 4.78 is 5.40. The van der Waals surface area contributed by atoms with Crippen molar-refractivity contribution in [2.75, 3.05) is 11.9 Å². The number of anilines is 2. The quantitative estimate of drug-likeness (QED) is 0.875. The highest BCUT2D eigenvalue weighted by Gasteiger charge is 1.99. The first-order valence-corrected chi connectivity index (χ1v) is 5.56. The zero-order chi connectivity index (χ0) is 12.1. The van der Waals surface area contributed by atoms with Crippen molar-refractivity contribution in [2.45, 2.75) is 13.8 Å². The van der Waals surface area contributed by atoms with Gasteiger partial charge in [-0.2, -0.15) is 0 Å². The molecule has 0 aliphatic heterocycles. The van der Waals surface area contributed by atoms with Crippen LogP contribution in [0.3, 0.4) is 0 Å². The van der Waals surface area contributed by atoms with Crippen molar-refractivity contribution in [3.8, 4) is 5.75 Å². The third-order valence-electron chi connectivity index (χ3n) is 2.21. The Labute approximate surface area is 101 Å². The van der Waals surface area contributed by atoms with Crippen molar-refractivity contribution < 1.29 is 4.74 Å². The number of aromatic nitrogens is 2. The normalized spacial score (nSPS) is 10.0. The molecule has 0 fully saturated rings. The molecule has 0 aromatic carbocycles. The van der Waals surface area contributed by atoms with Crippen molar-refractivity contribution in [3.05, 3.63) is 42.2 Å². The van der Waals surface area contributed by atoms with Crippen molar-refractivity contribution in [3.63, 3.8) is 0 Å². The molecule has 2 rings (SSSR count). The summed E-state index contributed by atoms with van der Waals surface area (Å²) in [7, 11) is 0. The molecule has 0 spiro atoms. The van der Waals surface area contributed by atoms with E-state index in [4.69, 9.17) is 4.74 Å². The van der Waals surface area contributed by atoms with Gasteiger partial charge in [0.05, 0.1) is 6.61 Å². The lowest BCUT2D eigenvalue weighted by Gasteiger charge is -2.07. The molecular weight excluding hydrogens is 214 g/mol. The molecule has 0 saturated carbocycles. The van der Waals surface area contributed by atoms with Gasteiger partial charge in [0.1, 0.15) is 17.4 Å². The fourth-order valence-corrected chi connectivity index (χ4v) is 1.41. The molecule has 4 heteroatoms. The van der Waals surface area contributed by atoms with E-state index in [2.05, 4.69) is 15.3 Å². The number of nitrogens with one attached hydrogen (secondary N) is 1. The van der Waals surface area contributed by atoms with Crippen molar-refractivity contribution in [2.24, 2.45) is 0 Å². The summed E-state index contributed by atoms with van der Waals surface area (Å²) in [6.45, 7) is 4.60. The van der Waals surface area contributed by atoms with Crippen LogP contribution in [-0.2, 0) is 0 Å². The first-order valence-electron chi connectivity index (χ1n) is 5.56. The summed E-state index contributed by atoms with van der Waals surface area (Å²) in [5.74, 6) is 2.31. The molecule has 1 N–H and O–H groups in total. The Morgan fingerprint density at radius 2 is 2.06 bits per heavy atom. The maximum Gasteiger partial charge on any atom is 0.135 e. The van der Waals surface area contributed by atoms with E-state index in [0.29, 0.717) is 6.61 Å². The van der Waals surface area contributed by atoms with Crippen LogP contribution in [0.5, 0.6) is 5.75 Å². The minimum Gasteiger partial charge on any atom is -0.494 e. The van der Waals surface area contributed by atoms with Gasteiger partial charge in [-0.25, -0.2) is 9.97 Å². The van der Waals surface area contributed by atoms with Crippen LogP contribution < -0.4 is 10.1 Å². The van der Waals surface area contributed by atoms with Gasteiger partial charge in [-0.05, 0) is 31.5 Å². The summed E-state index contributed by atoms with van der Waals surface area (Å²) in [4.78, 5) is 8.47. The number of ether oxygens (including phenoxy) is 1. The van der Waals surface area contributed by atoms with E-state index < -0.39 is 0 Å². The summed E-state index contributed by atoms with van der Waals surface area (Å²) in [5, 5.41) is 3.13. The Kier molecular flexibility index (Phi) is 3.55. The third kappa shape index (κ3) is 3.17. The molecule has 0 unspecified atom stereocenters. The predicted molar refractivity (Wildman–Crippen MR) is 67.7 cm³/mol. The molecule has 0 amide bonds. The Bertz CT molecular complexity index is 482. The summed E-state index contributed by atoms with van der Waals surface area (Å²) in [5.41, 5.74) is 1.13. The van der Waals surface area contributed by atoms with Crippen LogP contribution in [0.1, 0.15) is 12.5 Å².